The van der Waals surface area contributed by atoms with E-state index in [4.69, 9.17) is 11.6 Å². The van der Waals surface area contributed by atoms with Gasteiger partial charge in [-0.25, -0.2) is 4.98 Å². The third kappa shape index (κ3) is 5.42. The zero-order chi connectivity index (χ0) is 22.5. The standard InChI is InChI=1S/C25H22ClN5O/c1-16-7-9-20(10-8-16)30-25-27-17(2)15-23(31-25)28-18-11-13-19(14-12-18)29-24(32)21-5-3-4-6-22(21)26/h3-15H,1-2H3,(H,29,32)(H2,27,28,30,31). The summed E-state index contributed by atoms with van der Waals surface area (Å²) in [4.78, 5) is 21.4. The molecule has 0 aliphatic carbocycles. The molecule has 0 aliphatic rings. The summed E-state index contributed by atoms with van der Waals surface area (Å²) in [7, 11) is 0. The lowest BCUT2D eigenvalue weighted by molar-refractivity contribution is 0.102. The molecule has 4 rings (SSSR count). The molecule has 1 aromatic heterocycles. The van der Waals surface area contributed by atoms with Crippen LogP contribution in [0.2, 0.25) is 5.02 Å². The van der Waals surface area contributed by atoms with Crippen molar-refractivity contribution < 1.29 is 4.79 Å². The lowest BCUT2D eigenvalue weighted by Crippen LogP contribution is -2.12. The van der Waals surface area contributed by atoms with Gasteiger partial charge in [0, 0.05) is 28.8 Å². The van der Waals surface area contributed by atoms with Crippen LogP contribution in [0, 0.1) is 13.8 Å². The zero-order valence-corrected chi connectivity index (χ0v) is 18.4. The molecule has 3 N–H and O–H groups in total. The largest absolute Gasteiger partial charge is 0.340 e. The Labute approximate surface area is 191 Å². The molecular weight excluding hydrogens is 422 g/mol. The lowest BCUT2D eigenvalue weighted by atomic mass is 10.2. The number of benzene rings is 3. The number of nitrogens with zero attached hydrogens (tertiary/aromatic N) is 2. The number of rotatable bonds is 6. The van der Waals surface area contributed by atoms with Crippen molar-refractivity contribution in [1.29, 1.82) is 0 Å². The predicted molar refractivity (Wildman–Crippen MR) is 130 cm³/mol. The Morgan fingerprint density at radius 2 is 1.41 bits per heavy atom. The minimum absolute atomic E-state index is 0.255. The van der Waals surface area contributed by atoms with Crippen molar-refractivity contribution in [3.05, 3.63) is 101 Å². The van der Waals surface area contributed by atoms with E-state index in [1.165, 1.54) is 5.56 Å². The molecule has 4 aromatic rings. The predicted octanol–water partition coefficient (Wildman–Crippen LogP) is 6.49. The van der Waals surface area contributed by atoms with E-state index in [0.29, 0.717) is 28.0 Å². The molecule has 0 unspecified atom stereocenters. The number of carbonyl (C=O) groups is 1. The van der Waals surface area contributed by atoms with Gasteiger partial charge >= 0.3 is 0 Å². The van der Waals surface area contributed by atoms with E-state index in [2.05, 4.69) is 25.9 Å². The Balaban J connectivity index is 1.44. The molecule has 32 heavy (non-hydrogen) atoms. The molecule has 6 nitrogen and oxygen atoms in total. The van der Waals surface area contributed by atoms with Crippen molar-refractivity contribution in [3.8, 4) is 0 Å². The van der Waals surface area contributed by atoms with Crippen molar-refractivity contribution in [2.75, 3.05) is 16.0 Å². The second-order valence-corrected chi connectivity index (χ2v) is 7.75. The maximum absolute atomic E-state index is 12.4. The van der Waals surface area contributed by atoms with Crippen LogP contribution in [-0.2, 0) is 0 Å². The summed E-state index contributed by atoms with van der Waals surface area (Å²) < 4.78 is 0. The highest BCUT2D eigenvalue weighted by atomic mass is 35.5. The second kappa shape index (κ2) is 9.49. The van der Waals surface area contributed by atoms with Crippen molar-refractivity contribution in [1.82, 2.24) is 9.97 Å². The van der Waals surface area contributed by atoms with E-state index in [0.717, 1.165) is 17.1 Å². The number of hydrogen-bond donors (Lipinski definition) is 3. The van der Waals surface area contributed by atoms with Gasteiger partial charge in [0.2, 0.25) is 5.95 Å². The average molecular weight is 444 g/mol. The normalized spacial score (nSPS) is 10.5. The molecule has 1 heterocycles. The van der Waals surface area contributed by atoms with Crippen LogP contribution in [0.5, 0.6) is 0 Å². The number of carbonyl (C=O) groups excluding carboxylic acids is 1. The topological polar surface area (TPSA) is 78.9 Å². The monoisotopic (exact) mass is 443 g/mol. The third-order valence-electron chi connectivity index (χ3n) is 4.70. The molecule has 0 saturated carbocycles. The Hall–Kier alpha value is -3.90. The first-order valence-corrected chi connectivity index (χ1v) is 10.5. The van der Waals surface area contributed by atoms with Gasteiger partial charge in [0.1, 0.15) is 5.82 Å². The van der Waals surface area contributed by atoms with Gasteiger partial charge in [0.15, 0.2) is 0 Å². The third-order valence-corrected chi connectivity index (χ3v) is 5.03. The average Bonchev–Trinajstić information content (AvgIpc) is 2.76. The number of nitrogens with one attached hydrogen (secondary N) is 3. The van der Waals surface area contributed by atoms with Crippen LogP contribution in [0.4, 0.5) is 28.8 Å². The lowest BCUT2D eigenvalue weighted by Gasteiger charge is -2.11. The summed E-state index contributed by atoms with van der Waals surface area (Å²) >= 11 is 6.10. The summed E-state index contributed by atoms with van der Waals surface area (Å²) in [5.74, 6) is 0.925. The summed E-state index contributed by atoms with van der Waals surface area (Å²) in [5.41, 5.74) is 4.88. The number of amides is 1. The van der Waals surface area contributed by atoms with Gasteiger partial charge < -0.3 is 16.0 Å². The van der Waals surface area contributed by atoms with Crippen LogP contribution >= 0.6 is 11.6 Å². The fourth-order valence-corrected chi connectivity index (χ4v) is 3.30. The van der Waals surface area contributed by atoms with E-state index < -0.39 is 0 Å². The molecule has 160 valence electrons. The zero-order valence-electron chi connectivity index (χ0n) is 17.7. The molecule has 0 spiro atoms. The number of halogens is 1. The number of aryl methyl sites for hydroxylation is 2. The van der Waals surface area contributed by atoms with Crippen LogP contribution < -0.4 is 16.0 Å². The summed E-state index contributed by atoms with van der Waals surface area (Å²) in [5, 5.41) is 9.77. The molecule has 7 heteroatoms. The molecule has 0 fully saturated rings. The first kappa shape index (κ1) is 21.3. The smallest absolute Gasteiger partial charge is 0.257 e. The number of anilines is 5. The van der Waals surface area contributed by atoms with Crippen LogP contribution in [0.15, 0.2) is 78.9 Å². The van der Waals surface area contributed by atoms with Crippen LogP contribution in [-0.4, -0.2) is 15.9 Å². The second-order valence-electron chi connectivity index (χ2n) is 7.35. The highest BCUT2D eigenvalue weighted by Gasteiger charge is 2.10. The summed E-state index contributed by atoms with van der Waals surface area (Å²) in [6, 6.07) is 24.2. The quantitative estimate of drug-likeness (QED) is 0.317. The molecule has 0 aliphatic heterocycles. The van der Waals surface area contributed by atoms with E-state index >= 15 is 0 Å². The van der Waals surface area contributed by atoms with Gasteiger partial charge in [-0.3, -0.25) is 4.79 Å². The number of hydrogen-bond acceptors (Lipinski definition) is 5. The minimum atomic E-state index is -0.255. The number of aromatic nitrogens is 2. The molecule has 0 bridgehead atoms. The van der Waals surface area contributed by atoms with Gasteiger partial charge in [-0.1, -0.05) is 41.4 Å². The maximum Gasteiger partial charge on any atom is 0.257 e. The molecular formula is C25H22ClN5O. The minimum Gasteiger partial charge on any atom is -0.340 e. The van der Waals surface area contributed by atoms with E-state index in [-0.39, 0.29) is 5.91 Å². The molecule has 0 saturated heterocycles. The van der Waals surface area contributed by atoms with Crippen molar-refractivity contribution in [2.24, 2.45) is 0 Å². The Bertz CT molecular complexity index is 1240. The van der Waals surface area contributed by atoms with Gasteiger partial charge in [-0.2, -0.15) is 4.98 Å². The fraction of sp³-hybridized carbons (Fsp3) is 0.0800. The Morgan fingerprint density at radius 3 is 2.12 bits per heavy atom. The van der Waals surface area contributed by atoms with Crippen LogP contribution in [0.3, 0.4) is 0 Å². The van der Waals surface area contributed by atoms with Crippen molar-refractivity contribution >= 4 is 46.3 Å². The first-order chi connectivity index (χ1) is 15.5. The van der Waals surface area contributed by atoms with Gasteiger partial charge in [-0.05, 0) is 62.4 Å². The van der Waals surface area contributed by atoms with Gasteiger partial charge in [0.25, 0.3) is 5.91 Å². The summed E-state index contributed by atoms with van der Waals surface area (Å²) in [6.07, 6.45) is 0. The van der Waals surface area contributed by atoms with Gasteiger partial charge in [-0.15, -0.1) is 0 Å². The van der Waals surface area contributed by atoms with E-state index in [1.54, 1.807) is 24.3 Å². The molecule has 3 aromatic carbocycles. The highest BCUT2D eigenvalue weighted by molar-refractivity contribution is 6.34. The van der Waals surface area contributed by atoms with Crippen molar-refractivity contribution in [3.63, 3.8) is 0 Å². The molecule has 0 atom stereocenters. The molecule has 1 amide bonds. The van der Waals surface area contributed by atoms with Crippen LogP contribution in [0.1, 0.15) is 21.6 Å². The fourth-order valence-electron chi connectivity index (χ4n) is 3.08. The van der Waals surface area contributed by atoms with E-state index in [1.807, 2.05) is 68.4 Å². The van der Waals surface area contributed by atoms with Crippen LogP contribution in [0.25, 0.3) is 0 Å². The SMILES string of the molecule is Cc1ccc(Nc2nc(C)cc(Nc3ccc(NC(=O)c4ccccc4Cl)cc3)n2)cc1. The first-order valence-electron chi connectivity index (χ1n) is 10.1. The highest BCUT2D eigenvalue weighted by Crippen LogP contribution is 2.22. The van der Waals surface area contributed by atoms with Crippen molar-refractivity contribution in [2.45, 2.75) is 13.8 Å². The van der Waals surface area contributed by atoms with Gasteiger partial charge in [0.05, 0.1) is 10.6 Å². The Morgan fingerprint density at radius 1 is 0.781 bits per heavy atom. The maximum atomic E-state index is 12.4. The van der Waals surface area contributed by atoms with E-state index in [9.17, 15) is 4.79 Å². The Kier molecular flexibility index (Phi) is 6.33. The molecule has 0 radical (unpaired) electrons. The summed E-state index contributed by atoms with van der Waals surface area (Å²) in [6.45, 7) is 3.96.